The lowest BCUT2D eigenvalue weighted by atomic mass is 10.1. The van der Waals surface area contributed by atoms with Crippen molar-refractivity contribution < 1.29 is 9.47 Å². The molecule has 1 unspecified atom stereocenters. The fourth-order valence-electron chi connectivity index (χ4n) is 2.78. The molecule has 0 aliphatic rings. The number of aromatic amines is 1. The summed E-state index contributed by atoms with van der Waals surface area (Å²) in [6.45, 7) is 0.354. The lowest BCUT2D eigenvalue weighted by Crippen LogP contribution is -2.13. The third-order valence-electron chi connectivity index (χ3n) is 4.26. The molecule has 0 radical (unpaired) electrons. The summed E-state index contributed by atoms with van der Waals surface area (Å²) >= 11 is 6.36. The third kappa shape index (κ3) is 4.37. The second kappa shape index (κ2) is 9.03. The van der Waals surface area contributed by atoms with Crippen molar-refractivity contribution in [3.8, 4) is 17.6 Å². The molecule has 0 spiro atoms. The highest BCUT2D eigenvalue weighted by atomic mass is 35.5. The molecule has 9 heteroatoms. The molecular formula is C21H15ClN6O2. The van der Waals surface area contributed by atoms with Crippen LogP contribution in [0.25, 0.3) is 0 Å². The number of H-pyrrole nitrogens is 1. The van der Waals surface area contributed by atoms with E-state index in [9.17, 15) is 5.26 Å². The van der Waals surface area contributed by atoms with Gasteiger partial charge >= 0.3 is 0 Å². The van der Waals surface area contributed by atoms with Gasteiger partial charge in [0.05, 0.1) is 5.56 Å². The Hall–Kier alpha value is -3.96. The minimum atomic E-state index is -0.764. The number of ether oxygens (including phenoxy) is 2. The number of nitrogens with zero attached hydrogens (tertiary/aromatic N) is 5. The summed E-state index contributed by atoms with van der Waals surface area (Å²) in [6, 6.07) is 18.1. The van der Waals surface area contributed by atoms with Crippen LogP contribution in [0.3, 0.4) is 0 Å². The standard InChI is InChI=1S/C21H15ClN6O2/c22-18-4-2-1-3-17(18)20(21-25-27-28-26-21)30-19-11-16(6-5-15(19)12-23)29-13-14-7-9-24-10-8-14/h1-11,20H,13H2,(H,25,26,27,28). The molecule has 0 amide bonds. The predicted molar refractivity (Wildman–Crippen MR) is 108 cm³/mol. The summed E-state index contributed by atoms with van der Waals surface area (Å²) in [5.74, 6) is 1.15. The summed E-state index contributed by atoms with van der Waals surface area (Å²) in [7, 11) is 0. The highest BCUT2D eigenvalue weighted by Crippen LogP contribution is 2.34. The first-order chi connectivity index (χ1) is 14.7. The molecule has 2 aromatic heterocycles. The number of benzene rings is 2. The minimum Gasteiger partial charge on any atom is -0.489 e. The van der Waals surface area contributed by atoms with Crippen molar-refractivity contribution in [3.63, 3.8) is 0 Å². The van der Waals surface area contributed by atoms with E-state index in [4.69, 9.17) is 21.1 Å². The fraction of sp³-hybridized carbons (Fsp3) is 0.0952. The Morgan fingerprint density at radius 1 is 1.10 bits per heavy atom. The molecule has 0 fully saturated rings. The van der Waals surface area contributed by atoms with Gasteiger partial charge in [0.15, 0.2) is 6.10 Å². The summed E-state index contributed by atoms with van der Waals surface area (Å²) in [5.41, 5.74) is 1.96. The van der Waals surface area contributed by atoms with E-state index in [2.05, 4.69) is 31.7 Å². The first-order valence-electron chi connectivity index (χ1n) is 8.95. The van der Waals surface area contributed by atoms with Crippen molar-refractivity contribution in [2.24, 2.45) is 0 Å². The van der Waals surface area contributed by atoms with Gasteiger partial charge in [-0.05, 0) is 35.9 Å². The van der Waals surface area contributed by atoms with Crippen molar-refractivity contribution >= 4 is 11.6 Å². The average Bonchev–Trinajstić information content (AvgIpc) is 3.32. The smallest absolute Gasteiger partial charge is 0.219 e. The molecule has 2 aromatic carbocycles. The molecule has 2 heterocycles. The van der Waals surface area contributed by atoms with Gasteiger partial charge in [0.25, 0.3) is 0 Å². The Morgan fingerprint density at radius 2 is 1.93 bits per heavy atom. The number of hydrogen-bond acceptors (Lipinski definition) is 7. The summed E-state index contributed by atoms with van der Waals surface area (Å²) in [4.78, 5) is 3.99. The Bertz CT molecular complexity index is 1160. The number of hydrogen-bond donors (Lipinski definition) is 1. The monoisotopic (exact) mass is 418 g/mol. The zero-order valence-electron chi connectivity index (χ0n) is 15.6. The van der Waals surface area contributed by atoms with Crippen LogP contribution in [-0.2, 0) is 6.61 Å². The lowest BCUT2D eigenvalue weighted by Gasteiger charge is -2.19. The second-order valence-corrected chi connectivity index (χ2v) is 6.61. The van der Waals surface area contributed by atoms with E-state index in [1.54, 1.807) is 42.7 Å². The summed E-state index contributed by atoms with van der Waals surface area (Å²) in [5, 5.41) is 24.1. The van der Waals surface area contributed by atoms with Crippen molar-refractivity contribution in [2.75, 3.05) is 0 Å². The van der Waals surface area contributed by atoms with E-state index in [0.29, 0.717) is 34.3 Å². The molecule has 0 saturated carbocycles. The molecule has 8 nitrogen and oxygen atoms in total. The molecule has 0 saturated heterocycles. The number of pyridine rings is 1. The molecule has 1 N–H and O–H groups in total. The van der Waals surface area contributed by atoms with E-state index in [0.717, 1.165) is 5.56 Å². The van der Waals surface area contributed by atoms with Crippen LogP contribution in [0.4, 0.5) is 0 Å². The van der Waals surface area contributed by atoms with Gasteiger partial charge in [0, 0.05) is 29.0 Å². The Kier molecular flexibility index (Phi) is 5.83. The van der Waals surface area contributed by atoms with Gasteiger partial charge in [0.1, 0.15) is 24.2 Å². The number of aromatic nitrogens is 5. The maximum absolute atomic E-state index is 9.53. The largest absolute Gasteiger partial charge is 0.489 e. The minimum absolute atomic E-state index is 0.287. The molecule has 148 valence electrons. The fourth-order valence-corrected chi connectivity index (χ4v) is 3.01. The highest BCUT2D eigenvalue weighted by Gasteiger charge is 2.24. The van der Waals surface area contributed by atoms with Crippen LogP contribution in [0.1, 0.15) is 28.6 Å². The van der Waals surface area contributed by atoms with E-state index in [1.807, 2.05) is 24.3 Å². The van der Waals surface area contributed by atoms with Crippen molar-refractivity contribution in [1.29, 1.82) is 5.26 Å². The van der Waals surface area contributed by atoms with Gasteiger partial charge < -0.3 is 9.47 Å². The molecule has 0 aliphatic heterocycles. The van der Waals surface area contributed by atoms with Crippen LogP contribution in [0.2, 0.25) is 5.02 Å². The number of tetrazole rings is 1. The van der Waals surface area contributed by atoms with E-state index >= 15 is 0 Å². The van der Waals surface area contributed by atoms with Gasteiger partial charge in [-0.3, -0.25) is 4.98 Å². The van der Waals surface area contributed by atoms with Gasteiger partial charge in [-0.25, -0.2) is 0 Å². The SMILES string of the molecule is N#Cc1ccc(OCc2ccncc2)cc1OC(c1nn[nH]n1)c1ccccc1Cl. The Balaban J connectivity index is 1.64. The third-order valence-corrected chi connectivity index (χ3v) is 4.60. The normalized spacial score (nSPS) is 11.5. The molecule has 0 aliphatic carbocycles. The second-order valence-electron chi connectivity index (χ2n) is 6.20. The topological polar surface area (TPSA) is 110 Å². The molecule has 4 rings (SSSR count). The zero-order chi connectivity index (χ0) is 20.8. The van der Waals surface area contributed by atoms with Crippen LogP contribution in [0.5, 0.6) is 11.5 Å². The molecule has 1 atom stereocenters. The van der Waals surface area contributed by atoms with Crippen LogP contribution < -0.4 is 9.47 Å². The van der Waals surface area contributed by atoms with Gasteiger partial charge in [-0.1, -0.05) is 35.0 Å². The van der Waals surface area contributed by atoms with Crippen molar-refractivity contribution in [3.05, 3.63) is 94.5 Å². The lowest BCUT2D eigenvalue weighted by molar-refractivity contribution is 0.233. The molecule has 30 heavy (non-hydrogen) atoms. The van der Waals surface area contributed by atoms with Crippen LogP contribution in [-0.4, -0.2) is 25.6 Å². The summed E-state index contributed by atoms with van der Waals surface area (Å²) < 4.78 is 12.0. The van der Waals surface area contributed by atoms with E-state index in [1.165, 1.54) is 0 Å². The Morgan fingerprint density at radius 3 is 2.67 bits per heavy atom. The first kappa shape index (κ1) is 19.4. The zero-order valence-corrected chi connectivity index (χ0v) is 16.3. The van der Waals surface area contributed by atoms with E-state index in [-0.39, 0.29) is 5.82 Å². The average molecular weight is 419 g/mol. The van der Waals surface area contributed by atoms with Crippen molar-refractivity contribution in [1.82, 2.24) is 25.6 Å². The highest BCUT2D eigenvalue weighted by molar-refractivity contribution is 6.31. The van der Waals surface area contributed by atoms with Gasteiger partial charge in [-0.15, -0.1) is 10.2 Å². The number of rotatable bonds is 7. The molecule has 0 bridgehead atoms. The van der Waals surface area contributed by atoms with Crippen LogP contribution in [0.15, 0.2) is 67.0 Å². The van der Waals surface area contributed by atoms with Gasteiger partial charge in [0.2, 0.25) is 5.82 Å². The first-order valence-corrected chi connectivity index (χ1v) is 9.32. The maximum Gasteiger partial charge on any atom is 0.219 e. The van der Waals surface area contributed by atoms with Crippen molar-refractivity contribution in [2.45, 2.75) is 12.7 Å². The summed E-state index contributed by atoms with van der Waals surface area (Å²) in [6.07, 6.45) is 2.64. The quantitative estimate of drug-likeness (QED) is 0.485. The van der Waals surface area contributed by atoms with Gasteiger partial charge in [-0.2, -0.15) is 10.5 Å². The maximum atomic E-state index is 9.53. The predicted octanol–water partition coefficient (Wildman–Crippen LogP) is 3.87. The van der Waals surface area contributed by atoms with Crippen LogP contribution >= 0.6 is 11.6 Å². The Labute approximate surface area is 177 Å². The van der Waals surface area contributed by atoms with E-state index < -0.39 is 6.10 Å². The van der Waals surface area contributed by atoms with Crippen LogP contribution in [0, 0.1) is 11.3 Å². The molecular weight excluding hydrogens is 404 g/mol. The number of nitriles is 1. The number of nitrogens with one attached hydrogen (secondary N) is 1. The number of halogens is 1. The molecule has 4 aromatic rings.